The topological polar surface area (TPSA) is 76.8 Å². The van der Waals surface area contributed by atoms with Crippen molar-refractivity contribution in [2.75, 3.05) is 6.54 Å². The van der Waals surface area contributed by atoms with Gasteiger partial charge in [-0.15, -0.1) is 5.10 Å². The molecule has 1 saturated heterocycles. The first-order valence-corrected chi connectivity index (χ1v) is 12.2. The summed E-state index contributed by atoms with van der Waals surface area (Å²) in [7, 11) is 0. The molecular formula is C23H27ClN6OS. The lowest BCUT2D eigenvalue weighted by atomic mass is 10.0. The number of aromatic nitrogens is 5. The molecule has 1 aliphatic heterocycles. The van der Waals surface area contributed by atoms with E-state index < -0.39 is 0 Å². The molecule has 168 valence electrons. The Labute approximate surface area is 197 Å². The monoisotopic (exact) mass is 470 g/mol. The van der Waals surface area contributed by atoms with Gasteiger partial charge in [0, 0.05) is 34.7 Å². The van der Waals surface area contributed by atoms with Crippen LogP contribution in [-0.4, -0.2) is 48.4 Å². The number of carbonyl (C=O) groups is 1. The van der Waals surface area contributed by atoms with Gasteiger partial charge in [-0.3, -0.25) is 4.79 Å². The minimum Gasteiger partial charge on any atom is -0.334 e. The van der Waals surface area contributed by atoms with Crippen LogP contribution in [0.3, 0.4) is 0 Å². The third-order valence-electron chi connectivity index (χ3n) is 5.73. The van der Waals surface area contributed by atoms with Crippen molar-refractivity contribution >= 4 is 29.3 Å². The van der Waals surface area contributed by atoms with E-state index in [4.69, 9.17) is 11.6 Å². The molecule has 3 aromatic rings. The SMILES string of the molecule is Cc1cc(C)nc(SCc2c(C(=O)N3CCCCC3C)nnn2-c2ccc(C)c(Cl)c2)n1. The van der Waals surface area contributed by atoms with Crippen LogP contribution in [0.5, 0.6) is 0 Å². The lowest BCUT2D eigenvalue weighted by Gasteiger charge is -2.33. The third-order valence-corrected chi connectivity index (χ3v) is 7.00. The Hall–Kier alpha value is -2.45. The molecule has 1 atom stereocenters. The molecular weight excluding hydrogens is 444 g/mol. The Kier molecular flexibility index (Phi) is 6.81. The molecule has 1 aromatic carbocycles. The highest BCUT2D eigenvalue weighted by atomic mass is 35.5. The van der Waals surface area contributed by atoms with E-state index in [-0.39, 0.29) is 11.9 Å². The normalized spacial score (nSPS) is 16.4. The zero-order valence-electron chi connectivity index (χ0n) is 18.8. The standard InChI is InChI=1S/C23H27ClN6OS/c1-14-8-9-18(12-19(14)24)30-20(13-32-23-25-15(2)11-16(3)26-23)21(27-28-30)22(31)29-10-6-5-7-17(29)4/h8-9,11-12,17H,5-7,10,13H2,1-4H3. The molecule has 0 N–H and O–H groups in total. The van der Waals surface area contributed by atoms with Crippen LogP contribution in [0.15, 0.2) is 29.4 Å². The van der Waals surface area contributed by atoms with Crippen molar-refractivity contribution in [3.8, 4) is 5.69 Å². The van der Waals surface area contributed by atoms with E-state index >= 15 is 0 Å². The molecule has 0 saturated carbocycles. The van der Waals surface area contributed by atoms with Gasteiger partial charge >= 0.3 is 0 Å². The lowest BCUT2D eigenvalue weighted by molar-refractivity contribution is 0.0628. The number of thioether (sulfide) groups is 1. The summed E-state index contributed by atoms with van der Waals surface area (Å²) < 4.78 is 1.71. The second-order valence-corrected chi connectivity index (χ2v) is 9.65. The number of aryl methyl sites for hydroxylation is 3. The number of amides is 1. The van der Waals surface area contributed by atoms with Gasteiger partial charge in [0.1, 0.15) is 0 Å². The minimum atomic E-state index is -0.0707. The van der Waals surface area contributed by atoms with Crippen LogP contribution in [0.1, 0.15) is 59.3 Å². The van der Waals surface area contributed by atoms with Gasteiger partial charge in [-0.25, -0.2) is 14.6 Å². The van der Waals surface area contributed by atoms with Crippen LogP contribution in [0.25, 0.3) is 5.69 Å². The van der Waals surface area contributed by atoms with Gasteiger partial charge in [0.05, 0.1) is 11.4 Å². The maximum absolute atomic E-state index is 13.5. The Morgan fingerprint density at radius 3 is 2.59 bits per heavy atom. The predicted molar refractivity (Wildman–Crippen MR) is 127 cm³/mol. The fourth-order valence-corrected chi connectivity index (χ4v) is 5.06. The maximum Gasteiger partial charge on any atom is 0.276 e. The summed E-state index contributed by atoms with van der Waals surface area (Å²) in [5, 5.41) is 9.99. The van der Waals surface area contributed by atoms with Crippen LogP contribution in [0.4, 0.5) is 0 Å². The van der Waals surface area contributed by atoms with Crippen molar-refractivity contribution in [3.63, 3.8) is 0 Å². The summed E-state index contributed by atoms with van der Waals surface area (Å²) in [5.41, 5.74) is 4.68. The molecule has 0 spiro atoms. The Balaban J connectivity index is 1.71. The molecule has 0 aliphatic carbocycles. The van der Waals surface area contributed by atoms with Crippen LogP contribution >= 0.6 is 23.4 Å². The van der Waals surface area contributed by atoms with Crippen molar-refractivity contribution in [1.29, 1.82) is 0 Å². The highest BCUT2D eigenvalue weighted by Crippen LogP contribution is 2.27. The molecule has 9 heteroatoms. The second-order valence-electron chi connectivity index (χ2n) is 8.30. The van der Waals surface area contributed by atoms with E-state index in [1.165, 1.54) is 11.8 Å². The molecule has 32 heavy (non-hydrogen) atoms. The molecule has 2 aromatic heterocycles. The number of hydrogen-bond donors (Lipinski definition) is 0. The Morgan fingerprint density at radius 2 is 1.91 bits per heavy atom. The molecule has 1 fully saturated rings. The van der Waals surface area contributed by atoms with Crippen molar-refractivity contribution in [2.45, 2.75) is 63.9 Å². The summed E-state index contributed by atoms with van der Waals surface area (Å²) >= 11 is 7.85. The summed E-state index contributed by atoms with van der Waals surface area (Å²) in [6, 6.07) is 7.87. The molecule has 3 heterocycles. The van der Waals surface area contributed by atoms with Crippen molar-refractivity contribution in [2.24, 2.45) is 0 Å². The average molecular weight is 471 g/mol. The number of hydrogen-bond acceptors (Lipinski definition) is 6. The highest BCUT2D eigenvalue weighted by molar-refractivity contribution is 7.98. The van der Waals surface area contributed by atoms with Gasteiger partial charge in [0.25, 0.3) is 5.91 Å². The number of likely N-dealkylation sites (tertiary alicyclic amines) is 1. The van der Waals surface area contributed by atoms with Gasteiger partial charge in [0.2, 0.25) is 0 Å². The van der Waals surface area contributed by atoms with Crippen LogP contribution in [-0.2, 0) is 5.75 Å². The third kappa shape index (κ3) is 4.81. The molecule has 0 radical (unpaired) electrons. The van der Waals surface area contributed by atoms with E-state index in [1.807, 2.05) is 49.9 Å². The number of rotatable bonds is 5. The van der Waals surface area contributed by atoms with Gasteiger partial charge in [-0.05, 0) is 70.7 Å². The lowest BCUT2D eigenvalue weighted by Crippen LogP contribution is -2.42. The summed E-state index contributed by atoms with van der Waals surface area (Å²) in [6.07, 6.45) is 3.17. The zero-order chi connectivity index (χ0) is 22.8. The summed E-state index contributed by atoms with van der Waals surface area (Å²) in [5.74, 6) is 0.392. The number of piperidine rings is 1. The first kappa shape index (κ1) is 22.7. The molecule has 4 rings (SSSR count). The second kappa shape index (κ2) is 9.58. The van der Waals surface area contributed by atoms with E-state index in [9.17, 15) is 4.79 Å². The first-order chi connectivity index (χ1) is 15.3. The van der Waals surface area contributed by atoms with Crippen LogP contribution in [0, 0.1) is 20.8 Å². The molecule has 1 aliphatic rings. The Bertz CT molecular complexity index is 1130. The van der Waals surface area contributed by atoms with Crippen LogP contribution < -0.4 is 0 Å². The first-order valence-electron chi connectivity index (χ1n) is 10.8. The molecule has 1 amide bonds. The number of carbonyl (C=O) groups excluding carboxylic acids is 1. The quantitative estimate of drug-likeness (QED) is 0.388. The highest BCUT2D eigenvalue weighted by Gasteiger charge is 2.30. The van der Waals surface area contributed by atoms with E-state index in [0.29, 0.717) is 21.6 Å². The predicted octanol–water partition coefficient (Wildman–Crippen LogP) is 4.94. The van der Waals surface area contributed by atoms with Gasteiger partial charge < -0.3 is 4.90 Å². The maximum atomic E-state index is 13.5. The Morgan fingerprint density at radius 1 is 1.16 bits per heavy atom. The number of halogens is 1. The van der Waals surface area contributed by atoms with Gasteiger partial charge in [0.15, 0.2) is 10.9 Å². The summed E-state index contributed by atoms with van der Waals surface area (Å²) in [4.78, 5) is 24.4. The molecule has 7 nitrogen and oxygen atoms in total. The number of nitrogens with zero attached hydrogens (tertiary/aromatic N) is 6. The van der Waals surface area contributed by atoms with Gasteiger partial charge in [-0.1, -0.05) is 34.6 Å². The fourth-order valence-electron chi connectivity index (χ4n) is 3.95. The molecule has 0 bridgehead atoms. The van der Waals surface area contributed by atoms with Gasteiger partial charge in [-0.2, -0.15) is 0 Å². The van der Waals surface area contributed by atoms with E-state index in [2.05, 4.69) is 27.2 Å². The molecule has 1 unspecified atom stereocenters. The van der Waals surface area contributed by atoms with E-state index in [1.54, 1.807) is 4.68 Å². The van der Waals surface area contributed by atoms with Crippen LogP contribution in [0.2, 0.25) is 5.02 Å². The zero-order valence-corrected chi connectivity index (χ0v) is 20.4. The van der Waals surface area contributed by atoms with Crippen molar-refractivity contribution < 1.29 is 4.79 Å². The minimum absolute atomic E-state index is 0.0707. The van der Waals surface area contributed by atoms with E-state index in [0.717, 1.165) is 54.1 Å². The smallest absolute Gasteiger partial charge is 0.276 e. The average Bonchev–Trinajstić information content (AvgIpc) is 3.17. The van der Waals surface area contributed by atoms with Crippen molar-refractivity contribution in [1.82, 2.24) is 29.9 Å². The fraction of sp³-hybridized carbons (Fsp3) is 0.435. The van der Waals surface area contributed by atoms with Crippen molar-refractivity contribution in [3.05, 3.63) is 57.6 Å². The largest absolute Gasteiger partial charge is 0.334 e. The summed E-state index contributed by atoms with van der Waals surface area (Å²) in [6.45, 7) is 8.69. The number of benzene rings is 1.